The van der Waals surface area contributed by atoms with Crippen LogP contribution in [0, 0.1) is 0 Å². The zero-order chi connectivity index (χ0) is 20.2. The second kappa shape index (κ2) is 8.10. The molecule has 0 atom stereocenters. The van der Waals surface area contributed by atoms with Gasteiger partial charge in [0.2, 0.25) is 0 Å². The maximum atomic E-state index is 13.2. The molecule has 0 spiro atoms. The number of rotatable bonds is 5. The Morgan fingerprint density at radius 3 is 2.28 bits per heavy atom. The van der Waals surface area contributed by atoms with Crippen molar-refractivity contribution in [1.29, 1.82) is 0 Å². The van der Waals surface area contributed by atoms with Gasteiger partial charge in [0.1, 0.15) is 11.5 Å². The van der Waals surface area contributed by atoms with Gasteiger partial charge in [-0.25, -0.2) is 4.99 Å². The molecule has 5 heteroatoms. The average molecular weight is 382 g/mol. The van der Waals surface area contributed by atoms with Gasteiger partial charge in [-0.3, -0.25) is 14.7 Å². The van der Waals surface area contributed by atoms with Crippen LogP contribution in [0.25, 0.3) is 6.08 Å². The molecule has 0 fully saturated rings. The maximum absolute atomic E-state index is 13.2. The summed E-state index contributed by atoms with van der Waals surface area (Å²) in [5.41, 5.74) is 4.42. The van der Waals surface area contributed by atoms with Gasteiger partial charge in [-0.2, -0.15) is 0 Å². The van der Waals surface area contributed by atoms with Gasteiger partial charge < -0.3 is 4.90 Å². The van der Waals surface area contributed by atoms with E-state index < -0.39 is 0 Å². The van der Waals surface area contributed by atoms with Crippen molar-refractivity contribution < 1.29 is 4.79 Å². The summed E-state index contributed by atoms with van der Waals surface area (Å²) in [5.74, 6) is 0.570. The molecule has 1 aliphatic rings. The van der Waals surface area contributed by atoms with Gasteiger partial charge in [0.25, 0.3) is 5.91 Å². The summed E-state index contributed by atoms with van der Waals surface area (Å²) in [5, 5.41) is 0. The van der Waals surface area contributed by atoms with E-state index in [9.17, 15) is 4.79 Å². The van der Waals surface area contributed by atoms with Crippen LogP contribution in [0.15, 0.2) is 89.8 Å². The Labute approximate surface area is 170 Å². The number of hydrogen-bond donors (Lipinski definition) is 0. The van der Waals surface area contributed by atoms with Crippen LogP contribution in [-0.4, -0.2) is 35.7 Å². The summed E-state index contributed by atoms with van der Waals surface area (Å²) >= 11 is 0. The maximum Gasteiger partial charge on any atom is 0.278 e. The fourth-order valence-electron chi connectivity index (χ4n) is 3.20. The predicted molar refractivity (Wildman–Crippen MR) is 117 cm³/mol. The number of carbonyl (C=O) groups excluding carboxylic acids is 1. The number of hydrogen-bond acceptors (Lipinski definition) is 4. The number of carbonyl (C=O) groups is 1. The van der Waals surface area contributed by atoms with Crippen molar-refractivity contribution in [2.75, 3.05) is 19.0 Å². The number of aromatic nitrogens is 1. The van der Waals surface area contributed by atoms with Crippen molar-refractivity contribution in [3.05, 3.63) is 102 Å². The Bertz CT molecular complexity index is 1060. The van der Waals surface area contributed by atoms with E-state index in [4.69, 9.17) is 4.99 Å². The molecule has 144 valence electrons. The molecule has 1 aliphatic heterocycles. The van der Waals surface area contributed by atoms with Gasteiger partial charge in [-0.15, -0.1) is 0 Å². The van der Waals surface area contributed by atoms with Crippen LogP contribution in [0.3, 0.4) is 0 Å². The van der Waals surface area contributed by atoms with E-state index >= 15 is 0 Å². The number of amidine groups is 1. The summed E-state index contributed by atoms with van der Waals surface area (Å²) in [6, 6.07) is 21.7. The average Bonchev–Trinajstić information content (AvgIpc) is 3.05. The van der Waals surface area contributed by atoms with E-state index in [0.717, 1.165) is 22.4 Å². The zero-order valence-electron chi connectivity index (χ0n) is 16.5. The van der Waals surface area contributed by atoms with Crippen LogP contribution in [0.1, 0.15) is 16.7 Å². The van der Waals surface area contributed by atoms with Crippen LogP contribution in [0.4, 0.5) is 5.69 Å². The second-order valence-electron chi connectivity index (χ2n) is 7.06. The van der Waals surface area contributed by atoms with Gasteiger partial charge in [0.15, 0.2) is 0 Å². The normalized spacial score (nSPS) is 15.0. The highest BCUT2D eigenvalue weighted by atomic mass is 16.2. The van der Waals surface area contributed by atoms with Crippen molar-refractivity contribution in [3.63, 3.8) is 0 Å². The SMILES string of the molecule is CN(C)c1ccc(/C=C2/N=C(c3ccccc3)N(Cc3ccncc3)C2=O)cc1. The molecular formula is C24H22N4O. The number of pyridine rings is 1. The number of nitrogens with zero attached hydrogens (tertiary/aromatic N) is 4. The standard InChI is InChI=1S/C24H22N4O/c1-27(2)21-10-8-18(9-11-21)16-22-24(29)28(17-19-12-14-25-15-13-19)23(26-22)20-6-4-3-5-7-20/h3-16H,17H2,1-2H3/b22-16+. The van der Waals surface area contributed by atoms with Crippen LogP contribution in [0.5, 0.6) is 0 Å². The Kier molecular flexibility index (Phi) is 5.20. The second-order valence-corrected chi connectivity index (χ2v) is 7.06. The number of anilines is 1. The topological polar surface area (TPSA) is 48.8 Å². The highest BCUT2D eigenvalue weighted by molar-refractivity contribution is 6.19. The molecule has 5 nitrogen and oxygen atoms in total. The Morgan fingerprint density at radius 1 is 0.931 bits per heavy atom. The highest BCUT2D eigenvalue weighted by Gasteiger charge is 2.31. The summed E-state index contributed by atoms with van der Waals surface area (Å²) < 4.78 is 0. The third-order valence-electron chi connectivity index (χ3n) is 4.78. The molecule has 0 aliphatic carbocycles. The van der Waals surface area contributed by atoms with Crippen molar-refractivity contribution >= 4 is 23.5 Å². The molecule has 29 heavy (non-hydrogen) atoms. The van der Waals surface area contributed by atoms with Crippen LogP contribution in [-0.2, 0) is 11.3 Å². The van der Waals surface area contributed by atoms with E-state index in [-0.39, 0.29) is 5.91 Å². The minimum absolute atomic E-state index is 0.0997. The van der Waals surface area contributed by atoms with E-state index in [1.54, 1.807) is 17.3 Å². The monoisotopic (exact) mass is 382 g/mol. The summed E-state index contributed by atoms with van der Waals surface area (Å²) in [6.07, 6.45) is 5.31. The largest absolute Gasteiger partial charge is 0.378 e. The van der Waals surface area contributed by atoms with Gasteiger partial charge in [-0.1, -0.05) is 42.5 Å². The van der Waals surface area contributed by atoms with Crippen LogP contribution < -0.4 is 4.90 Å². The molecule has 1 amide bonds. The number of benzene rings is 2. The molecule has 1 aromatic heterocycles. The molecule has 0 unspecified atom stereocenters. The van der Waals surface area contributed by atoms with Gasteiger partial charge in [0, 0.05) is 37.7 Å². The first kappa shape index (κ1) is 18.6. The van der Waals surface area contributed by atoms with Crippen LogP contribution >= 0.6 is 0 Å². The third kappa shape index (κ3) is 4.09. The molecule has 0 radical (unpaired) electrons. The molecule has 0 saturated heterocycles. The minimum Gasteiger partial charge on any atom is -0.378 e. The molecule has 0 bridgehead atoms. The van der Waals surface area contributed by atoms with E-state index in [2.05, 4.69) is 4.98 Å². The third-order valence-corrected chi connectivity index (χ3v) is 4.78. The molecule has 4 rings (SSSR count). The summed E-state index contributed by atoms with van der Waals surface area (Å²) in [7, 11) is 4.00. The van der Waals surface area contributed by atoms with Gasteiger partial charge >= 0.3 is 0 Å². The van der Waals surface area contributed by atoms with E-state index in [1.807, 2.05) is 91.8 Å². The molecule has 2 aromatic carbocycles. The lowest BCUT2D eigenvalue weighted by atomic mass is 10.1. The first-order chi connectivity index (χ1) is 14.1. The van der Waals surface area contributed by atoms with Gasteiger partial charge in [-0.05, 0) is 41.5 Å². The Hall–Kier alpha value is -3.73. The smallest absolute Gasteiger partial charge is 0.278 e. The molecule has 2 heterocycles. The summed E-state index contributed by atoms with van der Waals surface area (Å²) in [6.45, 7) is 0.450. The lowest BCUT2D eigenvalue weighted by Gasteiger charge is -2.18. The fourth-order valence-corrected chi connectivity index (χ4v) is 3.20. The predicted octanol–water partition coefficient (Wildman–Crippen LogP) is 3.98. The Morgan fingerprint density at radius 2 is 1.62 bits per heavy atom. The Balaban J connectivity index is 1.69. The fraction of sp³-hybridized carbons (Fsp3) is 0.125. The van der Waals surface area contributed by atoms with Crippen molar-refractivity contribution in [3.8, 4) is 0 Å². The number of aliphatic imine (C=N–C) groups is 1. The van der Waals surface area contributed by atoms with Crippen molar-refractivity contribution in [2.45, 2.75) is 6.54 Å². The quantitative estimate of drug-likeness (QED) is 0.627. The lowest BCUT2D eigenvalue weighted by molar-refractivity contribution is -0.123. The first-order valence-electron chi connectivity index (χ1n) is 9.46. The highest BCUT2D eigenvalue weighted by Crippen LogP contribution is 2.24. The van der Waals surface area contributed by atoms with E-state index in [1.165, 1.54) is 0 Å². The molecular weight excluding hydrogens is 360 g/mol. The zero-order valence-corrected chi connectivity index (χ0v) is 16.5. The summed E-state index contributed by atoms with van der Waals surface area (Å²) in [4.78, 5) is 25.7. The molecule has 0 N–H and O–H groups in total. The van der Waals surface area contributed by atoms with Crippen LogP contribution in [0.2, 0.25) is 0 Å². The van der Waals surface area contributed by atoms with Crippen molar-refractivity contribution in [1.82, 2.24) is 9.88 Å². The van der Waals surface area contributed by atoms with Gasteiger partial charge in [0.05, 0.1) is 6.54 Å². The lowest BCUT2D eigenvalue weighted by Crippen LogP contribution is -2.32. The minimum atomic E-state index is -0.0997. The molecule has 0 saturated carbocycles. The molecule has 3 aromatic rings. The van der Waals surface area contributed by atoms with Crippen molar-refractivity contribution in [2.24, 2.45) is 4.99 Å². The number of amides is 1. The first-order valence-corrected chi connectivity index (χ1v) is 9.46. The van der Waals surface area contributed by atoms with E-state index in [0.29, 0.717) is 18.1 Å².